The first-order chi connectivity index (χ1) is 11.9. The summed E-state index contributed by atoms with van der Waals surface area (Å²) in [5.41, 5.74) is 6.84. The highest BCUT2D eigenvalue weighted by molar-refractivity contribution is 5.76. The number of imidazole rings is 2. The highest BCUT2D eigenvalue weighted by Gasteiger charge is 2.33. The number of nitrogens with zero attached hydrogens (tertiary/aromatic N) is 3. The molecule has 0 aliphatic carbocycles. The van der Waals surface area contributed by atoms with Crippen LogP contribution in [0.5, 0.6) is 0 Å². The summed E-state index contributed by atoms with van der Waals surface area (Å²) in [6.07, 6.45) is -2.16. The number of H-pyrrole nitrogens is 2. The number of para-hydroxylation sites is 2. The van der Waals surface area contributed by atoms with Crippen molar-refractivity contribution in [2.75, 3.05) is 5.73 Å². The largest absolute Gasteiger partial charge is 0.432 e. The van der Waals surface area contributed by atoms with Crippen LogP contribution in [-0.4, -0.2) is 24.9 Å². The van der Waals surface area contributed by atoms with Gasteiger partial charge in [-0.2, -0.15) is 13.2 Å². The first kappa shape index (κ1) is 16.5. The van der Waals surface area contributed by atoms with Gasteiger partial charge < -0.3 is 15.7 Å². The minimum atomic E-state index is -4.40. The van der Waals surface area contributed by atoms with Crippen LogP contribution >= 0.6 is 0 Å². The van der Waals surface area contributed by atoms with Gasteiger partial charge in [0.25, 0.3) is 0 Å². The van der Waals surface area contributed by atoms with Gasteiger partial charge in [0.2, 0.25) is 0 Å². The van der Waals surface area contributed by atoms with Gasteiger partial charge in [-0.3, -0.25) is 4.98 Å². The smallest absolute Gasteiger partial charge is 0.369 e. The molecule has 25 heavy (non-hydrogen) atoms. The normalized spacial score (nSPS) is 11.2. The van der Waals surface area contributed by atoms with Crippen molar-refractivity contribution in [3.05, 3.63) is 60.6 Å². The van der Waals surface area contributed by atoms with Crippen LogP contribution in [0.1, 0.15) is 5.69 Å². The standard InChI is InChI=1S/C9H6F3N3.C7H7N3/c10-9(11,12)7-5-14-8(15-7)6-3-1-2-4-13-6;8-7-9-5-3-1-2-4-6(5)10-7/h1-5H,(H,14,15);1-4H,(H3,8,9,10). The zero-order valence-corrected chi connectivity index (χ0v) is 12.7. The number of halogens is 3. The number of rotatable bonds is 1. The lowest BCUT2D eigenvalue weighted by atomic mass is 10.3. The molecule has 0 bridgehead atoms. The molecule has 3 heterocycles. The zero-order valence-electron chi connectivity index (χ0n) is 12.7. The number of anilines is 1. The zero-order chi connectivity index (χ0) is 17.9. The van der Waals surface area contributed by atoms with E-state index in [1.54, 1.807) is 18.2 Å². The van der Waals surface area contributed by atoms with Crippen molar-refractivity contribution in [2.45, 2.75) is 6.18 Å². The summed E-state index contributed by atoms with van der Waals surface area (Å²) in [6, 6.07) is 12.7. The summed E-state index contributed by atoms with van der Waals surface area (Å²) < 4.78 is 36.7. The minimum absolute atomic E-state index is 0.114. The summed E-state index contributed by atoms with van der Waals surface area (Å²) in [5, 5.41) is 0. The van der Waals surface area contributed by atoms with Crippen molar-refractivity contribution in [2.24, 2.45) is 0 Å². The lowest BCUT2D eigenvalue weighted by molar-refractivity contribution is -0.140. The SMILES string of the molecule is FC(F)(F)c1cnc(-c2ccccn2)[nH]1.Nc1nc2ccccc2[nH]1. The maximum Gasteiger partial charge on any atom is 0.432 e. The molecule has 0 fully saturated rings. The average molecular weight is 346 g/mol. The molecule has 0 radical (unpaired) electrons. The van der Waals surface area contributed by atoms with Crippen LogP contribution in [0.3, 0.4) is 0 Å². The Balaban J connectivity index is 0.000000157. The fourth-order valence-corrected chi connectivity index (χ4v) is 2.07. The maximum atomic E-state index is 12.2. The van der Waals surface area contributed by atoms with Crippen molar-refractivity contribution < 1.29 is 13.2 Å². The summed E-state index contributed by atoms with van der Waals surface area (Å²) in [4.78, 5) is 16.6. The first-order valence-corrected chi connectivity index (χ1v) is 7.17. The summed E-state index contributed by atoms with van der Waals surface area (Å²) in [5.74, 6) is 0.587. The number of aromatic amines is 2. The molecule has 1 aromatic carbocycles. The van der Waals surface area contributed by atoms with Gasteiger partial charge in [-0.25, -0.2) is 9.97 Å². The van der Waals surface area contributed by atoms with Gasteiger partial charge in [0.1, 0.15) is 11.4 Å². The Bertz CT molecular complexity index is 926. The van der Waals surface area contributed by atoms with Gasteiger partial charge in [-0.1, -0.05) is 18.2 Å². The van der Waals surface area contributed by atoms with E-state index in [4.69, 9.17) is 5.73 Å². The Morgan fingerprint density at radius 2 is 1.68 bits per heavy atom. The van der Waals surface area contributed by atoms with E-state index in [0.717, 1.165) is 17.2 Å². The molecule has 0 saturated carbocycles. The summed E-state index contributed by atoms with van der Waals surface area (Å²) in [7, 11) is 0. The number of aromatic nitrogens is 5. The number of fused-ring (bicyclic) bond motifs is 1. The van der Waals surface area contributed by atoms with Crippen molar-refractivity contribution in [1.29, 1.82) is 0 Å². The number of hydrogen-bond acceptors (Lipinski definition) is 4. The first-order valence-electron chi connectivity index (χ1n) is 7.17. The second-order valence-corrected chi connectivity index (χ2v) is 5.00. The number of nitrogen functional groups attached to an aromatic ring is 1. The molecule has 0 spiro atoms. The average Bonchev–Trinajstić information content (AvgIpc) is 3.21. The topological polar surface area (TPSA) is 96.3 Å². The quantitative estimate of drug-likeness (QED) is 0.490. The fraction of sp³-hybridized carbons (Fsp3) is 0.0625. The molecule has 4 aromatic rings. The Labute approximate surface area is 140 Å². The number of nitrogens with two attached hydrogens (primary N) is 1. The Hall–Kier alpha value is -3.36. The van der Waals surface area contributed by atoms with E-state index < -0.39 is 11.9 Å². The van der Waals surface area contributed by atoms with Gasteiger partial charge in [-0.05, 0) is 24.3 Å². The van der Waals surface area contributed by atoms with Crippen LogP contribution in [0.4, 0.5) is 19.1 Å². The lowest BCUT2D eigenvalue weighted by Crippen LogP contribution is -2.04. The third-order valence-electron chi connectivity index (χ3n) is 3.20. The molecule has 3 aromatic heterocycles. The third kappa shape index (κ3) is 3.94. The second kappa shape index (κ2) is 6.63. The molecular formula is C16H13F3N6. The lowest BCUT2D eigenvalue weighted by Gasteiger charge is -2.00. The number of benzene rings is 1. The van der Waals surface area contributed by atoms with Crippen molar-refractivity contribution in [3.63, 3.8) is 0 Å². The maximum absolute atomic E-state index is 12.2. The van der Waals surface area contributed by atoms with E-state index in [-0.39, 0.29) is 5.82 Å². The van der Waals surface area contributed by atoms with E-state index in [1.165, 1.54) is 6.20 Å². The highest BCUT2D eigenvalue weighted by atomic mass is 19.4. The minimum Gasteiger partial charge on any atom is -0.369 e. The number of pyridine rings is 1. The van der Waals surface area contributed by atoms with Crippen LogP contribution in [0.15, 0.2) is 54.9 Å². The van der Waals surface area contributed by atoms with Crippen LogP contribution < -0.4 is 5.73 Å². The molecule has 6 nitrogen and oxygen atoms in total. The molecule has 4 N–H and O–H groups in total. The Morgan fingerprint density at radius 3 is 2.32 bits per heavy atom. The predicted octanol–water partition coefficient (Wildman–Crippen LogP) is 3.64. The van der Waals surface area contributed by atoms with Crippen molar-refractivity contribution >= 4 is 17.0 Å². The van der Waals surface area contributed by atoms with Gasteiger partial charge in [0, 0.05) is 6.20 Å². The van der Waals surface area contributed by atoms with E-state index in [0.29, 0.717) is 11.6 Å². The van der Waals surface area contributed by atoms with E-state index in [2.05, 4.69) is 24.9 Å². The fourth-order valence-electron chi connectivity index (χ4n) is 2.07. The van der Waals surface area contributed by atoms with E-state index >= 15 is 0 Å². The van der Waals surface area contributed by atoms with Gasteiger partial charge >= 0.3 is 6.18 Å². The highest BCUT2D eigenvalue weighted by Crippen LogP contribution is 2.28. The van der Waals surface area contributed by atoms with Gasteiger partial charge in [-0.15, -0.1) is 0 Å². The third-order valence-corrected chi connectivity index (χ3v) is 3.20. The molecule has 0 amide bonds. The molecule has 0 unspecified atom stereocenters. The van der Waals surface area contributed by atoms with Crippen molar-refractivity contribution in [3.8, 4) is 11.5 Å². The van der Waals surface area contributed by atoms with Gasteiger partial charge in [0.15, 0.2) is 11.8 Å². The Kier molecular flexibility index (Phi) is 4.38. The molecular weight excluding hydrogens is 333 g/mol. The second-order valence-electron chi connectivity index (χ2n) is 5.00. The molecule has 0 aliphatic heterocycles. The van der Waals surface area contributed by atoms with Crippen LogP contribution in [0, 0.1) is 0 Å². The molecule has 0 atom stereocenters. The van der Waals surface area contributed by atoms with Crippen molar-refractivity contribution in [1.82, 2.24) is 24.9 Å². The predicted molar refractivity (Wildman–Crippen MR) is 87.3 cm³/mol. The Morgan fingerprint density at radius 1 is 0.920 bits per heavy atom. The molecule has 4 rings (SSSR count). The van der Waals surface area contributed by atoms with Crippen LogP contribution in [-0.2, 0) is 6.18 Å². The molecule has 128 valence electrons. The summed E-state index contributed by atoms with van der Waals surface area (Å²) in [6.45, 7) is 0. The van der Waals surface area contributed by atoms with Crippen LogP contribution in [0.25, 0.3) is 22.6 Å². The van der Waals surface area contributed by atoms with E-state index in [9.17, 15) is 13.2 Å². The molecule has 0 saturated heterocycles. The summed E-state index contributed by atoms with van der Waals surface area (Å²) >= 11 is 0. The monoisotopic (exact) mass is 346 g/mol. The number of alkyl halides is 3. The number of nitrogens with one attached hydrogen (secondary N) is 2. The molecule has 0 aliphatic rings. The van der Waals surface area contributed by atoms with Gasteiger partial charge in [0.05, 0.1) is 17.2 Å². The van der Waals surface area contributed by atoms with E-state index in [1.807, 2.05) is 24.3 Å². The number of hydrogen-bond donors (Lipinski definition) is 3. The molecule has 9 heteroatoms. The van der Waals surface area contributed by atoms with Crippen LogP contribution in [0.2, 0.25) is 0 Å².